The molecule has 0 saturated heterocycles. The van der Waals surface area contributed by atoms with E-state index >= 15 is 0 Å². The van der Waals surface area contributed by atoms with E-state index in [1.54, 1.807) is 27.9 Å². The van der Waals surface area contributed by atoms with Gasteiger partial charge in [0.05, 0.1) is 22.3 Å². The zero-order chi connectivity index (χ0) is 43.8. The third-order valence-corrected chi connectivity index (χ3v) is 19.0. The monoisotopic (exact) mass is 909 g/mol. The third kappa shape index (κ3) is 8.19. The number of sulfonamides is 1. The molecule has 4 atom stereocenters. The van der Waals surface area contributed by atoms with Gasteiger partial charge in [0, 0.05) is 29.6 Å². The molecule has 13 heteroatoms. The van der Waals surface area contributed by atoms with Crippen LogP contribution < -0.4 is 0 Å². The van der Waals surface area contributed by atoms with Gasteiger partial charge in [-0.3, -0.25) is 4.79 Å². The molecule has 4 aromatic rings. The number of furan rings is 1. The first-order chi connectivity index (χ1) is 29.3. The number of carbonyl (C=O) groups is 1. The standard InChI is InChI=1S/C49H55ClF3NO6S2/c1-30-5-3-16-46(2)40(15-17-48(46,57)29-54(62(58,59)44-6-4-18-61-44)28-47-25-32-19-33(26-47)21-34(20-32)27-47)37-11-8-31(22-36(55)10-7-30)23-38(37)45(56)43-14-13-42(60-43)39-24-35(49(51,52)53)9-12-41(39)50/h4-6,8-9,11-14,18,23-24,32-34,36,40,55,57H,3,7,10,15-17,19-22,25-29H2,1-2H3/t32?,33?,34?,36-,40-,46-,47?,48+/m0/s1. The van der Waals surface area contributed by atoms with E-state index in [0.29, 0.717) is 80.4 Å². The van der Waals surface area contributed by atoms with E-state index < -0.39 is 44.7 Å². The van der Waals surface area contributed by atoms with E-state index in [1.807, 2.05) is 19.1 Å². The number of alkyl halides is 3. The molecule has 7 nitrogen and oxygen atoms in total. The van der Waals surface area contributed by atoms with Gasteiger partial charge in [0.15, 0.2) is 5.76 Å². The first-order valence-corrected chi connectivity index (χ1v) is 24.8. The Hall–Kier alpha value is -3.26. The number of benzene rings is 2. The highest BCUT2D eigenvalue weighted by molar-refractivity contribution is 7.91. The number of ketones is 1. The van der Waals surface area contributed by atoms with Crippen molar-refractivity contribution in [2.75, 3.05) is 13.1 Å². The molecular weight excluding hydrogens is 855 g/mol. The number of nitrogens with zero attached hydrogens (tertiary/aromatic N) is 1. The Labute approximate surface area is 371 Å². The number of halogens is 4. The SMILES string of the molecule is CC1=CCC[C@@]2(C)[C@@H](CC[C@@]2(O)CN(CC23CC4CC(CC(C4)C2)C3)S(=O)(=O)c2cccs2)c2ccc(cc2C(=O)c2ccc(-c3cc(C(F)(F)F)ccc3Cl)o2)C[C@@H](O)CC1. The van der Waals surface area contributed by atoms with Crippen LogP contribution in [0.4, 0.5) is 13.2 Å². The molecule has 0 radical (unpaired) electrons. The highest BCUT2D eigenvalue weighted by Gasteiger charge is 2.60. The molecule has 5 fully saturated rings. The molecule has 0 unspecified atom stereocenters. The number of rotatable bonds is 9. The Morgan fingerprint density at radius 1 is 0.968 bits per heavy atom. The minimum Gasteiger partial charge on any atom is -0.453 e. The van der Waals surface area contributed by atoms with Crippen LogP contribution in [0, 0.1) is 28.6 Å². The fourth-order valence-corrected chi connectivity index (χ4v) is 15.7. The summed E-state index contributed by atoms with van der Waals surface area (Å²) in [4.78, 5) is 14.8. The zero-order valence-electron chi connectivity index (χ0n) is 35.2. The van der Waals surface area contributed by atoms with E-state index in [9.17, 15) is 36.6 Å². The van der Waals surface area contributed by atoms with Gasteiger partial charge in [-0.25, -0.2) is 8.42 Å². The van der Waals surface area contributed by atoms with Gasteiger partial charge in [-0.2, -0.15) is 17.5 Å². The maximum atomic E-state index is 14.8. The summed E-state index contributed by atoms with van der Waals surface area (Å²) in [6.07, 6.45) is 6.96. The molecule has 11 rings (SSSR count). The molecule has 5 saturated carbocycles. The number of aliphatic hydroxyl groups is 2. The van der Waals surface area contributed by atoms with Gasteiger partial charge in [-0.15, -0.1) is 11.3 Å². The quantitative estimate of drug-likeness (QED) is 0.128. The van der Waals surface area contributed by atoms with Crippen LogP contribution in [-0.4, -0.2) is 53.5 Å². The summed E-state index contributed by atoms with van der Waals surface area (Å²) in [5.74, 6) is 0.886. The lowest BCUT2D eigenvalue weighted by Crippen LogP contribution is -2.57. The normalized spacial score (nSPS) is 31.3. The minimum absolute atomic E-state index is 0.000487. The molecule has 6 bridgehead atoms. The Balaban J connectivity index is 1.11. The predicted molar refractivity (Wildman–Crippen MR) is 235 cm³/mol. The predicted octanol–water partition coefficient (Wildman–Crippen LogP) is 11.9. The molecule has 2 aromatic heterocycles. The van der Waals surface area contributed by atoms with Crippen LogP contribution >= 0.6 is 22.9 Å². The third-order valence-electron chi connectivity index (χ3n) is 15.5. The Bertz CT molecular complexity index is 2440. The minimum atomic E-state index is -4.62. The molecular formula is C49H55ClF3NO6S2. The van der Waals surface area contributed by atoms with Crippen molar-refractivity contribution in [3.8, 4) is 11.3 Å². The highest BCUT2D eigenvalue weighted by Crippen LogP contribution is 2.62. The van der Waals surface area contributed by atoms with Gasteiger partial charge >= 0.3 is 6.18 Å². The van der Waals surface area contributed by atoms with E-state index in [2.05, 4.69) is 13.0 Å². The molecule has 2 heterocycles. The van der Waals surface area contributed by atoms with Crippen LogP contribution in [-0.2, 0) is 22.6 Å². The van der Waals surface area contributed by atoms with E-state index in [0.717, 1.165) is 48.6 Å². The van der Waals surface area contributed by atoms with E-state index in [-0.39, 0.29) is 44.2 Å². The summed E-state index contributed by atoms with van der Waals surface area (Å²) in [5.41, 5.74) is -0.566. The molecule has 62 heavy (non-hydrogen) atoms. The second kappa shape index (κ2) is 16.3. The van der Waals surface area contributed by atoms with Crippen LogP contribution in [0.15, 0.2) is 86.3 Å². The zero-order valence-corrected chi connectivity index (χ0v) is 37.6. The number of hydrogen-bond acceptors (Lipinski definition) is 7. The lowest BCUT2D eigenvalue weighted by Gasteiger charge is -2.58. The van der Waals surface area contributed by atoms with Crippen molar-refractivity contribution in [2.45, 2.75) is 125 Å². The average molecular weight is 911 g/mol. The Morgan fingerprint density at radius 3 is 2.37 bits per heavy atom. The molecule has 7 aliphatic rings. The largest absolute Gasteiger partial charge is 0.453 e. The summed E-state index contributed by atoms with van der Waals surface area (Å²) in [5, 5.41) is 26.3. The molecule has 2 aromatic carbocycles. The second-order valence-electron chi connectivity index (χ2n) is 19.8. The summed E-state index contributed by atoms with van der Waals surface area (Å²) in [6, 6.07) is 14.8. The van der Waals surface area contributed by atoms with Gasteiger partial charge in [0.25, 0.3) is 10.0 Å². The maximum absolute atomic E-state index is 14.8. The van der Waals surface area contributed by atoms with Gasteiger partial charge in [-0.1, -0.05) is 48.4 Å². The maximum Gasteiger partial charge on any atom is 0.416 e. The van der Waals surface area contributed by atoms with Crippen molar-refractivity contribution in [1.29, 1.82) is 0 Å². The fraction of sp³-hybridized carbons (Fsp3) is 0.531. The van der Waals surface area contributed by atoms with Gasteiger partial charge < -0.3 is 14.6 Å². The Morgan fingerprint density at radius 2 is 1.69 bits per heavy atom. The van der Waals surface area contributed by atoms with Crippen molar-refractivity contribution < 1.29 is 41.0 Å². The number of aliphatic hydroxyl groups excluding tert-OH is 1. The van der Waals surface area contributed by atoms with Crippen LogP contribution in [0.5, 0.6) is 0 Å². The number of hydrogen-bond donors (Lipinski definition) is 2. The van der Waals surface area contributed by atoms with Crippen LogP contribution in [0.3, 0.4) is 0 Å². The molecule has 332 valence electrons. The van der Waals surface area contributed by atoms with Crippen molar-refractivity contribution in [3.05, 3.63) is 111 Å². The van der Waals surface area contributed by atoms with E-state index in [1.165, 1.54) is 42.7 Å². The smallest absolute Gasteiger partial charge is 0.416 e. The summed E-state index contributed by atoms with van der Waals surface area (Å²) < 4.78 is 78.7. The average Bonchev–Trinajstić information content (AvgIpc) is 3.97. The van der Waals surface area contributed by atoms with Crippen LogP contribution in [0.2, 0.25) is 5.02 Å². The second-order valence-corrected chi connectivity index (χ2v) is 23.3. The number of carbonyl (C=O) groups excluding carboxylic acids is 1. The number of thiophene rings is 1. The summed E-state index contributed by atoms with van der Waals surface area (Å²) >= 11 is 7.57. The molecule has 7 aliphatic carbocycles. The summed E-state index contributed by atoms with van der Waals surface area (Å²) in [6.45, 7) is 4.40. The lowest BCUT2D eigenvalue weighted by atomic mass is 9.49. The fourth-order valence-electron chi connectivity index (χ4n) is 12.7. The first kappa shape index (κ1) is 44.0. The molecule has 0 aliphatic heterocycles. The first-order valence-electron chi connectivity index (χ1n) is 22.1. The van der Waals surface area contributed by atoms with Crippen molar-refractivity contribution in [2.24, 2.45) is 28.6 Å². The molecule has 2 N–H and O–H groups in total. The number of allylic oxidation sites excluding steroid dienone is 2. The van der Waals surface area contributed by atoms with Crippen LogP contribution in [0.1, 0.15) is 130 Å². The van der Waals surface area contributed by atoms with Crippen molar-refractivity contribution in [1.82, 2.24) is 4.31 Å². The van der Waals surface area contributed by atoms with Crippen molar-refractivity contribution >= 4 is 38.7 Å². The highest BCUT2D eigenvalue weighted by atomic mass is 35.5. The van der Waals surface area contributed by atoms with Crippen molar-refractivity contribution in [3.63, 3.8) is 0 Å². The topological polar surface area (TPSA) is 108 Å². The van der Waals surface area contributed by atoms with Crippen LogP contribution in [0.25, 0.3) is 11.3 Å². The Kier molecular flexibility index (Phi) is 11.6. The van der Waals surface area contributed by atoms with Gasteiger partial charge in [0.2, 0.25) is 5.78 Å². The van der Waals surface area contributed by atoms with Gasteiger partial charge in [0.1, 0.15) is 9.97 Å². The van der Waals surface area contributed by atoms with Gasteiger partial charge in [-0.05, 0) is 178 Å². The number of fused-ring (bicyclic) bond motifs is 8. The lowest BCUT2D eigenvalue weighted by molar-refractivity contribution is -0.137. The van der Waals surface area contributed by atoms with E-state index in [4.69, 9.17) is 16.0 Å². The molecule has 0 spiro atoms. The molecule has 0 amide bonds. The summed E-state index contributed by atoms with van der Waals surface area (Å²) in [7, 11) is -3.98.